The molecule has 2 aliphatic rings. The molecule has 140 valence electrons. The summed E-state index contributed by atoms with van der Waals surface area (Å²) in [5, 5.41) is 15.0. The van der Waals surface area contributed by atoms with Gasteiger partial charge in [0.2, 0.25) is 0 Å². The van der Waals surface area contributed by atoms with Gasteiger partial charge in [-0.15, -0.1) is 0 Å². The summed E-state index contributed by atoms with van der Waals surface area (Å²) in [4.78, 5) is 14.5. The Morgan fingerprint density at radius 3 is 3.04 bits per heavy atom. The van der Waals surface area contributed by atoms with Gasteiger partial charge < -0.3 is 24.6 Å². The Kier molecular flexibility index (Phi) is 4.98. The maximum absolute atomic E-state index is 12.8. The van der Waals surface area contributed by atoms with Crippen LogP contribution in [-0.2, 0) is 17.7 Å². The van der Waals surface area contributed by atoms with Crippen molar-refractivity contribution in [3.05, 3.63) is 35.5 Å². The van der Waals surface area contributed by atoms with Crippen LogP contribution in [-0.4, -0.2) is 66.0 Å². The lowest BCUT2D eigenvalue weighted by Gasteiger charge is -2.25. The van der Waals surface area contributed by atoms with Crippen LogP contribution in [0.1, 0.15) is 28.9 Å². The lowest BCUT2D eigenvalue weighted by molar-refractivity contribution is 0.0763. The van der Waals surface area contributed by atoms with Gasteiger partial charge in [0, 0.05) is 44.2 Å². The molecule has 1 aromatic carbocycles. The SMILES string of the molecule is CN1CCc2c(n(C[C@@H](O)CNC[C@H]3CCCO3)c3ccccc23)C1=O. The van der Waals surface area contributed by atoms with Crippen LogP contribution >= 0.6 is 0 Å². The van der Waals surface area contributed by atoms with E-state index >= 15 is 0 Å². The van der Waals surface area contributed by atoms with Gasteiger partial charge in [-0.3, -0.25) is 4.79 Å². The second-order valence-corrected chi connectivity index (χ2v) is 7.38. The molecule has 1 saturated heterocycles. The minimum Gasteiger partial charge on any atom is -0.390 e. The summed E-state index contributed by atoms with van der Waals surface area (Å²) < 4.78 is 7.60. The predicted octanol–water partition coefficient (Wildman–Crippen LogP) is 1.40. The summed E-state index contributed by atoms with van der Waals surface area (Å²) in [7, 11) is 1.84. The Bertz CT molecular complexity index is 795. The Morgan fingerprint density at radius 2 is 2.23 bits per heavy atom. The quantitative estimate of drug-likeness (QED) is 0.820. The second kappa shape index (κ2) is 7.39. The Morgan fingerprint density at radius 1 is 1.38 bits per heavy atom. The normalized spacial score (nSPS) is 21.4. The molecular weight excluding hydrogens is 330 g/mol. The first kappa shape index (κ1) is 17.5. The highest BCUT2D eigenvalue weighted by molar-refractivity contribution is 6.02. The third-order valence-electron chi connectivity index (χ3n) is 5.49. The van der Waals surface area contributed by atoms with Crippen LogP contribution in [0.2, 0.25) is 0 Å². The van der Waals surface area contributed by atoms with Crippen molar-refractivity contribution in [2.45, 2.75) is 38.0 Å². The number of hydrogen-bond acceptors (Lipinski definition) is 4. The lowest BCUT2D eigenvalue weighted by atomic mass is 10.0. The molecule has 0 saturated carbocycles. The van der Waals surface area contributed by atoms with E-state index in [0.29, 0.717) is 13.1 Å². The molecule has 4 rings (SSSR count). The number of para-hydroxylation sites is 1. The molecule has 1 fully saturated rings. The number of rotatable bonds is 6. The van der Waals surface area contributed by atoms with Crippen LogP contribution in [0.4, 0.5) is 0 Å². The van der Waals surface area contributed by atoms with Gasteiger partial charge in [0.15, 0.2) is 0 Å². The number of carbonyl (C=O) groups excluding carboxylic acids is 1. The topological polar surface area (TPSA) is 66.7 Å². The molecule has 2 aromatic rings. The molecule has 0 bridgehead atoms. The van der Waals surface area contributed by atoms with Crippen molar-refractivity contribution in [3.63, 3.8) is 0 Å². The highest BCUT2D eigenvalue weighted by Crippen LogP contribution is 2.30. The average molecular weight is 357 g/mol. The highest BCUT2D eigenvalue weighted by Gasteiger charge is 2.29. The first-order chi connectivity index (χ1) is 12.6. The van der Waals surface area contributed by atoms with Crippen LogP contribution in [0.5, 0.6) is 0 Å². The molecule has 0 unspecified atom stereocenters. The van der Waals surface area contributed by atoms with E-state index in [1.807, 2.05) is 29.8 Å². The fourth-order valence-corrected chi connectivity index (χ4v) is 4.12. The summed E-state index contributed by atoms with van der Waals surface area (Å²) in [5.41, 5.74) is 2.88. The predicted molar refractivity (Wildman–Crippen MR) is 100 cm³/mol. The number of ether oxygens (including phenoxy) is 1. The largest absolute Gasteiger partial charge is 0.390 e. The molecule has 26 heavy (non-hydrogen) atoms. The summed E-state index contributed by atoms with van der Waals surface area (Å²) in [6.45, 7) is 3.25. The zero-order valence-corrected chi connectivity index (χ0v) is 15.3. The Hall–Kier alpha value is -1.89. The Labute approximate surface area is 153 Å². The average Bonchev–Trinajstić information content (AvgIpc) is 3.26. The molecule has 3 heterocycles. The van der Waals surface area contributed by atoms with Crippen LogP contribution in [0.25, 0.3) is 10.9 Å². The van der Waals surface area contributed by atoms with Crippen LogP contribution < -0.4 is 5.32 Å². The second-order valence-electron chi connectivity index (χ2n) is 7.38. The molecule has 2 aliphatic heterocycles. The number of likely N-dealkylation sites (N-methyl/N-ethyl adjacent to an activating group) is 1. The van der Waals surface area contributed by atoms with E-state index in [-0.39, 0.29) is 12.0 Å². The van der Waals surface area contributed by atoms with Gasteiger partial charge >= 0.3 is 0 Å². The summed E-state index contributed by atoms with van der Waals surface area (Å²) in [6, 6.07) is 8.11. The molecule has 6 heteroatoms. The van der Waals surface area contributed by atoms with E-state index in [4.69, 9.17) is 4.74 Å². The van der Waals surface area contributed by atoms with E-state index in [1.165, 1.54) is 0 Å². The molecule has 2 atom stereocenters. The smallest absolute Gasteiger partial charge is 0.270 e. The van der Waals surface area contributed by atoms with Crippen LogP contribution in [0.15, 0.2) is 24.3 Å². The number of nitrogens with zero attached hydrogens (tertiary/aromatic N) is 2. The van der Waals surface area contributed by atoms with Crippen molar-refractivity contribution in [2.75, 3.05) is 33.3 Å². The minimum absolute atomic E-state index is 0.0435. The summed E-state index contributed by atoms with van der Waals surface area (Å²) in [6.07, 6.45) is 2.76. The maximum atomic E-state index is 12.8. The van der Waals surface area contributed by atoms with Gasteiger partial charge in [-0.25, -0.2) is 0 Å². The molecular formula is C20H27N3O3. The minimum atomic E-state index is -0.559. The zero-order chi connectivity index (χ0) is 18.1. The summed E-state index contributed by atoms with van der Waals surface area (Å²) >= 11 is 0. The number of amides is 1. The fraction of sp³-hybridized carbons (Fsp3) is 0.550. The fourth-order valence-electron chi connectivity index (χ4n) is 4.12. The van der Waals surface area contributed by atoms with E-state index in [0.717, 1.165) is 61.1 Å². The number of benzene rings is 1. The third-order valence-corrected chi connectivity index (χ3v) is 5.49. The van der Waals surface area contributed by atoms with Crippen molar-refractivity contribution in [1.82, 2.24) is 14.8 Å². The van der Waals surface area contributed by atoms with Gasteiger partial charge in [-0.2, -0.15) is 0 Å². The number of aliphatic hydroxyl groups excluding tert-OH is 1. The third kappa shape index (κ3) is 3.24. The van der Waals surface area contributed by atoms with Crippen molar-refractivity contribution < 1.29 is 14.6 Å². The molecule has 1 aromatic heterocycles. The first-order valence-corrected chi connectivity index (χ1v) is 9.51. The number of aromatic nitrogens is 1. The van der Waals surface area contributed by atoms with Gasteiger partial charge in [0.25, 0.3) is 5.91 Å². The maximum Gasteiger partial charge on any atom is 0.270 e. The van der Waals surface area contributed by atoms with Crippen molar-refractivity contribution in [2.24, 2.45) is 0 Å². The molecule has 0 aliphatic carbocycles. The van der Waals surface area contributed by atoms with E-state index in [1.54, 1.807) is 4.90 Å². The number of carbonyl (C=O) groups is 1. The first-order valence-electron chi connectivity index (χ1n) is 9.51. The lowest BCUT2D eigenvalue weighted by Crippen LogP contribution is -2.38. The van der Waals surface area contributed by atoms with Crippen molar-refractivity contribution in [1.29, 1.82) is 0 Å². The zero-order valence-electron chi connectivity index (χ0n) is 15.3. The number of fused-ring (bicyclic) bond motifs is 3. The van der Waals surface area contributed by atoms with Gasteiger partial charge in [-0.1, -0.05) is 18.2 Å². The number of hydrogen-bond donors (Lipinski definition) is 2. The molecule has 1 amide bonds. The van der Waals surface area contributed by atoms with Crippen molar-refractivity contribution in [3.8, 4) is 0 Å². The Balaban J connectivity index is 1.53. The van der Waals surface area contributed by atoms with E-state index in [2.05, 4.69) is 11.4 Å². The highest BCUT2D eigenvalue weighted by atomic mass is 16.5. The molecule has 0 spiro atoms. The van der Waals surface area contributed by atoms with E-state index < -0.39 is 6.10 Å². The molecule has 2 N–H and O–H groups in total. The molecule has 6 nitrogen and oxygen atoms in total. The summed E-state index contributed by atoms with van der Waals surface area (Å²) in [5.74, 6) is 0.0435. The monoisotopic (exact) mass is 357 g/mol. The van der Waals surface area contributed by atoms with E-state index in [9.17, 15) is 9.90 Å². The molecule has 0 radical (unpaired) electrons. The standard InChI is InChI=1S/C20H27N3O3/c1-22-9-8-17-16-6-2-3-7-18(16)23(19(17)20(22)25)13-14(24)11-21-12-15-5-4-10-26-15/h2-3,6-7,14-15,21,24H,4-5,8-13H2,1H3/t14-,15+/m0/s1. The van der Waals surface area contributed by atoms with Crippen molar-refractivity contribution >= 4 is 16.8 Å². The number of aliphatic hydroxyl groups is 1. The van der Waals surface area contributed by atoms with Crippen LogP contribution in [0, 0.1) is 0 Å². The van der Waals surface area contributed by atoms with Gasteiger partial charge in [0.1, 0.15) is 5.69 Å². The van der Waals surface area contributed by atoms with Gasteiger partial charge in [0.05, 0.1) is 18.8 Å². The van der Waals surface area contributed by atoms with Gasteiger partial charge in [-0.05, 0) is 30.9 Å². The number of nitrogens with one attached hydrogen (secondary N) is 1. The van der Waals surface area contributed by atoms with Crippen LogP contribution in [0.3, 0.4) is 0 Å².